The van der Waals surface area contributed by atoms with Gasteiger partial charge in [-0.3, -0.25) is 14.9 Å². The SMILES string of the molecule is CC(=O)c1cccc(Oc2ccc(F)cc2[N+](=O)[O-])c1. The molecule has 0 radical (unpaired) electrons. The van der Waals surface area contributed by atoms with Crippen molar-refractivity contribution >= 4 is 11.5 Å². The number of benzene rings is 2. The second-order valence-corrected chi connectivity index (χ2v) is 4.06. The van der Waals surface area contributed by atoms with Crippen molar-refractivity contribution in [1.29, 1.82) is 0 Å². The fourth-order valence-electron chi connectivity index (χ4n) is 1.63. The molecule has 2 aromatic rings. The highest BCUT2D eigenvalue weighted by molar-refractivity contribution is 5.94. The summed E-state index contributed by atoms with van der Waals surface area (Å²) in [6.07, 6.45) is 0. The lowest BCUT2D eigenvalue weighted by Crippen LogP contribution is -1.96. The van der Waals surface area contributed by atoms with Crippen LogP contribution in [0.2, 0.25) is 0 Å². The van der Waals surface area contributed by atoms with E-state index in [0.29, 0.717) is 5.56 Å². The summed E-state index contributed by atoms with van der Waals surface area (Å²) < 4.78 is 18.4. The van der Waals surface area contributed by atoms with Gasteiger partial charge in [0.15, 0.2) is 5.78 Å². The molecular weight excluding hydrogens is 265 g/mol. The molecule has 6 heteroatoms. The van der Waals surface area contributed by atoms with Crippen molar-refractivity contribution in [2.45, 2.75) is 6.92 Å². The monoisotopic (exact) mass is 275 g/mol. The quantitative estimate of drug-likeness (QED) is 0.484. The molecule has 20 heavy (non-hydrogen) atoms. The molecule has 2 rings (SSSR count). The molecule has 0 spiro atoms. The number of nitro groups is 1. The molecule has 0 fully saturated rings. The normalized spacial score (nSPS) is 10.1. The summed E-state index contributed by atoms with van der Waals surface area (Å²) in [6, 6.07) is 9.25. The second-order valence-electron chi connectivity index (χ2n) is 4.06. The fraction of sp³-hybridized carbons (Fsp3) is 0.0714. The van der Waals surface area contributed by atoms with Gasteiger partial charge >= 0.3 is 5.69 Å². The lowest BCUT2D eigenvalue weighted by Gasteiger charge is -2.07. The molecule has 0 bridgehead atoms. The predicted molar refractivity (Wildman–Crippen MR) is 69.6 cm³/mol. The van der Waals surface area contributed by atoms with Crippen LogP contribution in [0.4, 0.5) is 10.1 Å². The van der Waals surface area contributed by atoms with Crippen LogP contribution in [0.15, 0.2) is 42.5 Å². The third-order valence-corrected chi connectivity index (χ3v) is 2.59. The second kappa shape index (κ2) is 5.48. The van der Waals surface area contributed by atoms with Gasteiger partial charge in [-0.05, 0) is 31.2 Å². The maximum atomic E-state index is 13.0. The molecule has 2 aromatic carbocycles. The summed E-state index contributed by atoms with van der Waals surface area (Å²) in [5.41, 5.74) is -0.0505. The van der Waals surface area contributed by atoms with Crippen molar-refractivity contribution in [2.75, 3.05) is 0 Å². The van der Waals surface area contributed by atoms with Gasteiger partial charge in [-0.1, -0.05) is 12.1 Å². The van der Waals surface area contributed by atoms with Crippen molar-refractivity contribution in [3.63, 3.8) is 0 Å². The minimum Gasteiger partial charge on any atom is -0.450 e. The lowest BCUT2D eigenvalue weighted by molar-refractivity contribution is -0.385. The van der Waals surface area contributed by atoms with Crippen LogP contribution in [0.3, 0.4) is 0 Å². The Morgan fingerprint density at radius 2 is 2.00 bits per heavy atom. The first-order chi connectivity index (χ1) is 9.47. The van der Waals surface area contributed by atoms with Gasteiger partial charge in [-0.2, -0.15) is 0 Å². The molecule has 0 N–H and O–H groups in total. The maximum absolute atomic E-state index is 13.0. The number of rotatable bonds is 4. The van der Waals surface area contributed by atoms with E-state index < -0.39 is 16.4 Å². The Balaban J connectivity index is 2.37. The van der Waals surface area contributed by atoms with E-state index in [-0.39, 0.29) is 17.3 Å². The lowest BCUT2D eigenvalue weighted by atomic mass is 10.1. The van der Waals surface area contributed by atoms with Gasteiger partial charge in [0.25, 0.3) is 0 Å². The van der Waals surface area contributed by atoms with Crippen LogP contribution in [-0.4, -0.2) is 10.7 Å². The minimum atomic E-state index is -0.729. The average molecular weight is 275 g/mol. The van der Waals surface area contributed by atoms with Crippen LogP contribution in [0.25, 0.3) is 0 Å². The van der Waals surface area contributed by atoms with Crippen molar-refractivity contribution in [3.05, 3.63) is 64.0 Å². The molecule has 0 aliphatic rings. The molecule has 0 aliphatic carbocycles. The van der Waals surface area contributed by atoms with Gasteiger partial charge in [0.05, 0.1) is 11.0 Å². The largest absolute Gasteiger partial charge is 0.450 e. The standard InChI is InChI=1S/C14H10FNO4/c1-9(17)10-3-2-4-12(7-10)20-14-6-5-11(15)8-13(14)16(18)19/h2-8H,1H3. The van der Waals surface area contributed by atoms with Gasteiger partial charge in [0.1, 0.15) is 11.6 Å². The molecule has 0 amide bonds. The van der Waals surface area contributed by atoms with Crippen molar-refractivity contribution in [3.8, 4) is 11.5 Å². The highest BCUT2D eigenvalue weighted by Crippen LogP contribution is 2.32. The van der Waals surface area contributed by atoms with Crippen LogP contribution in [0, 0.1) is 15.9 Å². The number of nitrogens with zero attached hydrogens (tertiary/aromatic N) is 1. The third kappa shape index (κ3) is 2.97. The molecule has 0 saturated heterocycles. The Kier molecular flexibility index (Phi) is 3.74. The summed E-state index contributed by atoms with van der Waals surface area (Å²) in [5.74, 6) is -0.685. The Bertz CT molecular complexity index is 685. The Labute approximate surface area is 113 Å². The molecule has 0 heterocycles. The molecular formula is C14H10FNO4. The summed E-state index contributed by atoms with van der Waals surface area (Å²) >= 11 is 0. The summed E-state index contributed by atoms with van der Waals surface area (Å²) in [7, 11) is 0. The summed E-state index contributed by atoms with van der Waals surface area (Å²) in [4.78, 5) is 21.4. The number of Topliss-reactive ketones (excluding diaryl/α,β-unsaturated/α-hetero) is 1. The molecule has 0 aliphatic heterocycles. The Morgan fingerprint density at radius 1 is 1.25 bits per heavy atom. The van der Waals surface area contributed by atoms with Gasteiger partial charge in [0, 0.05) is 5.56 Å². The number of hydrogen-bond acceptors (Lipinski definition) is 4. The molecule has 0 atom stereocenters. The summed E-state index contributed by atoms with van der Waals surface area (Å²) in [5, 5.41) is 10.8. The number of halogens is 1. The van der Waals surface area contributed by atoms with Crippen LogP contribution < -0.4 is 4.74 Å². The highest BCUT2D eigenvalue weighted by atomic mass is 19.1. The van der Waals surface area contributed by atoms with Crippen LogP contribution in [-0.2, 0) is 0 Å². The molecule has 0 saturated carbocycles. The highest BCUT2D eigenvalue weighted by Gasteiger charge is 2.17. The van der Waals surface area contributed by atoms with E-state index in [1.807, 2.05) is 0 Å². The van der Waals surface area contributed by atoms with E-state index in [9.17, 15) is 19.3 Å². The van der Waals surface area contributed by atoms with Crippen LogP contribution in [0.5, 0.6) is 11.5 Å². The number of ether oxygens (including phenoxy) is 1. The smallest absolute Gasteiger partial charge is 0.314 e. The predicted octanol–water partition coefficient (Wildman–Crippen LogP) is 3.73. The average Bonchev–Trinajstić information content (AvgIpc) is 2.41. The van der Waals surface area contributed by atoms with E-state index in [1.165, 1.54) is 19.1 Å². The van der Waals surface area contributed by atoms with E-state index in [0.717, 1.165) is 12.1 Å². The number of ketones is 1. The number of hydrogen-bond donors (Lipinski definition) is 0. The fourth-order valence-corrected chi connectivity index (χ4v) is 1.63. The van der Waals surface area contributed by atoms with Crippen molar-refractivity contribution in [2.24, 2.45) is 0 Å². The molecule has 5 nitrogen and oxygen atoms in total. The van der Waals surface area contributed by atoms with E-state index in [4.69, 9.17) is 4.74 Å². The van der Waals surface area contributed by atoms with E-state index in [1.54, 1.807) is 18.2 Å². The topological polar surface area (TPSA) is 69.4 Å². The number of carbonyl (C=O) groups excluding carboxylic acids is 1. The minimum absolute atomic E-state index is 0.0860. The van der Waals surface area contributed by atoms with E-state index in [2.05, 4.69) is 0 Å². The first-order valence-electron chi connectivity index (χ1n) is 5.70. The molecule has 0 unspecified atom stereocenters. The van der Waals surface area contributed by atoms with Gasteiger partial charge in [-0.15, -0.1) is 0 Å². The van der Waals surface area contributed by atoms with Crippen molar-refractivity contribution < 1.29 is 18.8 Å². The van der Waals surface area contributed by atoms with Crippen LogP contribution in [0.1, 0.15) is 17.3 Å². The van der Waals surface area contributed by atoms with Gasteiger partial charge < -0.3 is 4.74 Å². The number of carbonyl (C=O) groups is 1. The Morgan fingerprint density at radius 3 is 2.65 bits per heavy atom. The molecule has 102 valence electrons. The zero-order valence-electron chi connectivity index (χ0n) is 10.5. The number of nitro benzene ring substituents is 1. The maximum Gasteiger partial charge on any atom is 0.314 e. The zero-order chi connectivity index (χ0) is 14.7. The van der Waals surface area contributed by atoms with E-state index >= 15 is 0 Å². The first-order valence-corrected chi connectivity index (χ1v) is 5.70. The summed E-state index contributed by atoms with van der Waals surface area (Å²) in [6.45, 7) is 1.40. The zero-order valence-corrected chi connectivity index (χ0v) is 10.5. The van der Waals surface area contributed by atoms with Crippen molar-refractivity contribution in [1.82, 2.24) is 0 Å². The first kappa shape index (κ1) is 13.7. The van der Waals surface area contributed by atoms with Crippen LogP contribution >= 0.6 is 0 Å². The Hall–Kier alpha value is -2.76. The third-order valence-electron chi connectivity index (χ3n) is 2.59. The van der Waals surface area contributed by atoms with Gasteiger partial charge in [-0.25, -0.2) is 4.39 Å². The van der Waals surface area contributed by atoms with Gasteiger partial charge in [0.2, 0.25) is 5.75 Å². The molecule has 0 aromatic heterocycles.